The van der Waals surface area contributed by atoms with Crippen LogP contribution in [0.2, 0.25) is 0 Å². The Morgan fingerprint density at radius 1 is 1.50 bits per heavy atom. The summed E-state index contributed by atoms with van der Waals surface area (Å²) >= 11 is 3.27. The smallest absolute Gasteiger partial charge is 0.312 e. The van der Waals surface area contributed by atoms with Gasteiger partial charge in [0.2, 0.25) is 0 Å². The van der Waals surface area contributed by atoms with Crippen LogP contribution in [0.15, 0.2) is 5.38 Å². The minimum absolute atomic E-state index is 0.400. The van der Waals surface area contributed by atoms with Crippen molar-refractivity contribution in [1.29, 1.82) is 0 Å². The molecule has 0 bridgehead atoms. The first-order valence-electron chi connectivity index (χ1n) is 5.76. The lowest BCUT2D eigenvalue weighted by Crippen LogP contribution is -2.08. The fourth-order valence-electron chi connectivity index (χ4n) is 2.21. The number of carboxylic acid groups (broad SMARTS) is 1. The molecule has 1 atom stereocenters. The molecule has 2 aromatic heterocycles. The SMILES string of the molecule is Cc1csc(Cc2nc3c(s2)CCC3C(=O)O)n1. The van der Waals surface area contributed by atoms with Crippen LogP contribution in [-0.2, 0) is 17.6 Å². The minimum atomic E-state index is -0.754. The van der Waals surface area contributed by atoms with E-state index < -0.39 is 11.9 Å². The van der Waals surface area contributed by atoms with Crippen molar-refractivity contribution in [2.75, 3.05) is 0 Å². The zero-order valence-electron chi connectivity index (χ0n) is 9.84. The number of carboxylic acids is 1. The van der Waals surface area contributed by atoms with Gasteiger partial charge in [0.05, 0.1) is 22.1 Å². The largest absolute Gasteiger partial charge is 0.481 e. The van der Waals surface area contributed by atoms with Crippen LogP contribution in [0.3, 0.4) is 0 Å². The first-order valence-corrected chi connectivity index (χ1v) is 7.45. The average Bonchev–Trinajstić information content (AvgIpc) is 2.93. The van der Waals surface area contributed by atoms with Gasteiger partial charge >= 0.3 is 5.97 Å². The van der Waals surface area contributed by atoms with Gasteiger partial charge in [-0.1, -0.05) is 0 Å². The molecule has 1 unspecified atom stereocenters. The summed E-state index contributed by atoms with van der Waals surface area (Å²) in [6.07, 6.45) is 2.27. The summed E-state index contributed by atoms with van der Waals surface area (Å²) in [4.78, 5) is 21.1. The molecule has 0 radical (unpaired) electrons. The van der Waals surface area contributed by atoms with Crippen molar-refractivity contribution >= 4 is 28.6 Å². The molecule has 0 amide bonds. The highest BCUT2D eigenvalue weighted by Gasteiger charge is 2.32. The number of aryl methyl sites for hydroxylation is 2. The van der Waals surface area contributed by atoms with E-state index in [4.69, 9.17) is 5.11 Å². The molecular weight excluding hydrogens is 268 g/mol. The van der Waals surface area contributed by atoms with Crippen molar-refractivity contribution in [2.24, 2.45) is 0 Å². The maximum absolute atomic E-state index is 11.1. The van der Waals surface area contributed by atoms with E-state index in [0.717, 1.165) is 39.1 Å². The molecule has 2 aromatic rings. The summed E-state index contributed by atoms with van der Waals surface area (Å²) in [6.45, 7) is 1.97. The summed E-state index contributed by atoms with van der Waals surface area (Å²) in [7, 11) is 0. The van der Waals surface area contributed by atoms with Crippen LogP contribution < -0.4 is 0 Å². The topological polar surface area (TPSA) is 63.1 Å². The van der Waals surface area contributed by atoms with Gasteiger partial charge in [0, 0.05) is 16.0 Å². The third-order valence-corrected chi connectivity index (χ3v) is 5.13. The Balaban J connectivity index is 1.84. The molecule has 0 saturated heterocycles. The van der Waals surface area contributed by atoms with E-state index in [1.54, 1.807) is 22.7 Å². The van der Waals surface area contributed by atoms with Gasteiger partial charge in [-0.05, 0) is 19.8 Å². The van der Waals surface area contributed by atoms with Gasteiger partial charge < -0.3 is 5.11 Å². The Morgan fingerprint density at radius 2 is 2.33 bits per heavy atom. The van der Waals surface area contributed by atoms with Gasteiger partial charge in [-0.25, -0.2) is 9.97 Å². The highest BCUT2D eigenvalue weighted by atomic mass is 32.1. The zero-order valence-corrected chi connectivity index (χ0v) is 11.5. The Labute approximate surface area is 112 Å². The lowest BCUT2D eigenvalue weighted by Gasteiger charge is -2.00. The minimum Gasteiger partial charge on any atom is -0.481 e. The number of aromatic nitrogens is 2. The van der Waals surface area contributed by atoms with Crippen LogP contribution in [0.1, 0.15) is 38.6 Å². The second kappa shape index (κ2) is 4.44. The normalized spacial score (nSPS) is 17.9. The molecule has 0 aromatic carbocycles. The van der Waals surface area contributed by atoms with E-state index in [-0.39, 0.29) is 0 Å². The van der Waals surface area contributed by atoms with E-state index >= 15 is 0 Å². The molecule has 3 rings (SSSR count). The van der Waals surface area contributed by atoms with Crippen molar-refractivity contribution in [1.82, 2.24) is 9.97 Å². The highest BCUT2D eigenvalue weighted by Crippen LogP contribution is 2.37. The summed E-state index contributed by atoms with van der Waals surface area (Å²) in [6, 6.07) is 0. The van der Waals surface area contributed by atoms with Crippen molar-refractivity contribution < 1.29 is 9.90 Å². The monoisotopic (exact) mass is 280 g/mol. The first-order chi connectivity index (χ1) is 8.63. The first kappa shape index (κ1) is 11.8. The molecule has 0 spiro atoms. The number of thiazole rings is 2. The summed E-state index contributed by atoms with van der Waals surface area (Å²) in [5, 5.41) is 13.2. The average molecular weight is 280 g/mol. The van der Waals surface area contributed by atoms with E-state index in [1.807, 2.05) is 12.3 Å². The van der Waals surface area contributed by atoms with E-state index in [1.165, 1.54) is 0 Å². The van der Waals surface area contributed by atoms with Gasteiger partial charge in [0.25, 0.3) is 0 Å². The number of fused-ring (bicyclic) bond motifs is 1. The van der Waals surface area contributed by atoms with Crippen LogP contribution in [0.4, 0.5) is 0 Å². The van der Waals surface area contributed by atoms with Gasteiger partial charge in [-0.15, -0.1) is 22.7 Å². The van der Waals surface area contributed by atoms with Crippen LogP contribution in [-0.4, -0.2) is 21.0 Å². The van der Waals surface area contributed by atoms with E-state index in [2.05, 4.69) is 9.97 Å². The Kier molecular flexibility index (Phi) is 2.91. The maximum atomic E-state index is 11.1. The molecule has 94 valence electrons. The molecule has 1 aliphatic rings. The maximum Gasteiger partial charge on any atom is 0.312 e. The predicted molar refractivity (Wildman–Crippen MR) is 70.5 cm³/mol. The van der Waals surface area contributed by atoms with E-state index in [9.17, 15) is 4.79 Å². The number of carbonyl (C=O) groups is 1. The Bertz CT molecular complexity index is 603. The fourth-order valence-corrected chi connectivity index (χ4v) is 4.22. The van der Waals surface area contributed by atoms with Crippen molar-refractivity contribution in [3.05, 3.63) is 31.7 Å². The van der Waals surface area contributed by atoms with Crippen LogP contribution in [0.5, 0.6) is 0 Å². The number of rotatable bonds is 3. The number of hydrogen-bond donors (Lipinski definition) is 1. The summed E-state index contributed by atoms with van der Waals surface area (Å²) < 4.78 is 0. The summed E-state index contributed by atoms with van der Waals surface area (Å²) in [5.41, 5.74) is 1.82. The summed E-state index contributed by atoms with van der Waals surface area (Å²) in [5.74, 6) is -1.15. The van der Waals surface area contributed by atoms with Crippen molar-refractivity contribution in [3.8, 4) is 0 Å². The molecule has 0 saturated carbocycles. The fraction of sp³-hybridized carbons (Fsp3) is 0.417. The third kappa shape index (κ3) is 2.06. The quantitative estimate of drug-likeness (QED) is 0.938. The lowest BCUT2D eigenvalue weighted by molar-refractivity contribution is -0.138. The standard InChI is InChI=1S/C12H12N2O2S2/c1-6-5-17-9(13-6)4-10-14-11-7(12(15)16)2-3-8(11)18-10/h5,7H,2-4H2,1H3,(H,15,16). The lowest BCUT2D eigenvalue weighted by atomic mass is 10.1. The van der Waals surface area contributed by atoms with E-state index in [0.29, 0.717) is 6.42 Å². The predicted octanol–water partition coefficient (Wildman–Crippen LogP) is 2.61. The second-order valence-corrected chi connectivity index (χ2v) is 6.52. The number of nitrogens with zero attached hydrogens (tertiary/aromatic N) is 2. The van der Waals surface area contributed by atoms with Gasteiger partial charge in [0.15, 0.2) is 0 Å². The van der Waals surface area contributed by atoms with Gasteiger partial charge in [0.1, 0.15) is 5.92 Å². The van der Waals surface area contributed by atoms with Crippen LogP contribution in [0, 0.1) is 6.92 Å². The third-order valence-electron chi connectivity index (χ3n) is 3.03. The molecule has 4 nitrogen and oxygen atoms in total. The molecule has 1 aliphatic carbocycles. The van der Waals surface area contributed by atoms with Crippen molar-refractivity contribution in [3.63, 3.8) is 0 Å². The second-order valence-electron chi connectivity index (χ2n) is 4.40. The number of hydrogen-bond acceptors (Lipinski definition) is 5. The highest BCUT2D eigenvalue weighted by molar-refractivity contribution is 7.12. The van der Waals surface area contributed by atoms with Crippen LogP contribution in [0.25, 0.3) is 0 Å². The molecule has 0 aliphatic heterocycles. The zero-order chi connectivity index (χ0) is 12.7. The molecule has 1 N–H and O–H groups in total. The van der Waals surface area contributed by atoms with Gasteiger partial charge in [-0.3, -0.25) is 4.79 Å². The molecule has 2 heterocycles. The molecule has 18 heavy (non-hydrogen) atoms. The molecular formula is C12H12N2O2S2. The van der Waals surface area contributed by atoms with Crippen molar-refractivity contribution in [2.45, 2.75) is 32.1 Å². The Hall–Kier alpha value is -1.27. The van der Waals surface area contributed by atoms with Crippen LogP contribution >= 0.6 is 22.7 Å². The molecule has 6 heteroatoms. The Morgan fingerprint density at radius 3 is 3.00 bits per heavy atom. The van der Waals surface area contributed by atoms with Gasteiger partial charge in [-0.2, -0.15) is 0 Å². The molecule has 0 fully saturated rings. The number of aliphatic carboxylic acids is 1.